The predicted molar refractivity (Wildman–Crippen MR) is 102 cm³/mol. The van der Waals surface area contributed by atoms with E-state index < -0.39 is 0 Å². The van der Waals surface area contributed by atoms with Crippen LogP contribution in [-0.4, -0.2) is 51.0 Å². The second-order valence-electron chi connectivity index (χ2n) is 7.70. The number of nitrogens with zero attached hydrogens (tertiary/aromatic N) is 4. The maximum atomic E-state index is 12.8. The van der Waals surface area contributed by atoms with Gasteiger partial charge in [0.25, 0.3) is 0 Å². The Bertz CT molecular complexity index is 832. The van der Waals surface area contributed by atoms with Crippen LogP contribution < -0.4 is 0 Å². The number of amides is 2. The Kier molecular flexibility index (Phi) is 4.72. The molecule has 0 aliphatic carbocycles. The fraction of sp³-hybridized carbons (Fsp3) is 0.476. The van der Waals surface area contributed by atoms with Gasteiger partial charge in [-0.3, -0.25) is 14.3 Å². The second kappa shape index (κ2) is 7.18. The Morgan fingerprint density at radius 2 is 1.89 bits per heavy atom. The van der Waals surface area contributed by atoms with E-state index in [2.05, 4.69) is 17.2 Å². The van der Waals surface area contributed by atoms with E-state index in [4.69, 9.17) is 0 Å². The molecule has 1 aromatic carbocycles. The first-order valence-corrected chi connectivity index (χ1v) is 9.61. The highest BCUT2D eigenvalue weighted by atomic mass is 16.2. The molecule has 2 fully saturated rings. The first-order chi connectivity index (χ1) is 13.0. The molecule has 142 valence electrons. The molecule has 0 spiro atoms. The van der Waals surface area contributed by atoms with Gasteiger partial charge in [0.2, 0.25) is 11.8 Å². The molecule has 2 aliphatic rings. The second-order valence-corrected chi connectivity index (χ2v) is 7.70. The third kappa shape index (κ3) is 3.36. The maximum absolute atomic E-state index is 12.8. The van der Waals surface area contributed by atoms with Crippen LogP contribution >= 0.6 is 0 Å². The highest BCUT2D eigenvalue weighted by Crippen LogP contribution is 2.45. The van der Waals surface area contributed by atoms with E-state index in [0.29, 0.717) is 24.7 Å². The molecule has 0 radical (unpaired) electrons. The first-order valence-electron chi connectivity index (χ1n) is 9.61. The minimum Gasteiger partial charge on any atom is -0.342 e. The zero-order valence-corrected chi connectivity index (χ0v) is 15.9. The van der Waals surface area contributed by atoms with Crippen molar-refractivity contribution in [3.63, 3.8) is 0 Å². The lowest BCUT2D eigenvalue weighted by Crippen LogP contribution is -2.36. The highest BCUT2D eigenvalue weighted by Gasteiger charge is 2.49. The monoisotopic (exact) mass is 366 g/mol. The average molecular weight is 366 g/mol. The Morgan fingerprint density at radius 3 is 2.56 bits per heavy atom. The molecule has 2 aliphatic heterocycles. The summed E-state index contributed by atoms with van der Waals surface area (Å²) >= 11 is 0. The molecule has 0 saturated carbocycles. The van der Waals surface area contributed by atoms with E-state index in [1.165, 1.54) is 5.56 Å². The number of carbonyl (C=O) groups is 2. The molecule has 2 saturated heterocycles. The van der Waals surface area contributed by atoms with E-state index in [1.54, 1.807) is 13.1 Å². The van der Waals surface area contributed by atoms with Gasteiger partial charge in [-0.1, -0.05) is 30.3 Å². The minimum absolute atomic E-state index is 0.0728. The van der Waals surface area contributed by atoms with Crippen molar-refractivity contribution in [3.8, 4) is 0 Å². The molecular weight excluding hydrogens is 340 g/mol. The van der Waals surface area contributed by atoms with Gasteiger partial charge in [-0.05, 0) is 18.1 Å². The number of rotatable bonds is 4. The van der Waals surface area contributed by atoms with Gasteiger partial charge < -0.3 is 9.80 Å². The number of fused-ring (bicyclic) bond motifs is 1. The van der Waals surface area contributed by atoms with Crippen LogP contribution in [0.4, 0.5) is 0 Å². The summed E-state index contributed by atoms with van der Waals surface area (Å²) in [5.41, 5.74) is 2.25. The Morgan fingerprint density at radius 1 is 1.11 bits per heavy atom. The van der Waals surface area contributed by atoms with Crippen molar-refractivity contribution in [2.45, 2.75) is 25.8 Å². The fourth-order valence-electron chi connectivity index (χ4n) is 4.69. The van der Waals surface area contributed by atoms with Crippen LogP contribution in [0.25, 0.3) is 0 Å². The van der Waals surface area contributed by atoms with Crippen molar-refractivity contribution in [1.82, 2.24) is 19.6 Å². The van der Waals surface area contributed by atoms with Crippen LogP contribution in [0.5, 0.6) is 0 Å². The van der Waals surface area contributed by atoms with Crippen LogP contribution in [0.2, 0.25) is 0 Å². The van der Waals surface area contributed by atoms with Gasteiger partial charge >= 0.3 is 0 Å². The Hall–Kier alpha value is -2.63. The van der Waals surface area contributed by atoms with E-state index in [-0.39, 0.29) is 17.9 Å². The average Bonchev–Trinajstić information content (AvgIpc) is 3.34. The molecule has 0 unspecified atom stereocenters. The molecule has 3 heterocycles. The SMILES string of the molecule is CC(=O)N1C[C@H]2CN(C(=O)CCc3ccnn3C)C[C@H]2[C@H]1c1ccccc1. The van der Waals surface area contributed by atoms with Gasteiger partial charge in [0, 0.05) is 63.8 Å². The van der Waals surface area contributed by atoms with E-state index >= 15 is 0 Å². The molecule has 3 atom stereocenters. The van der Waals surface area contributed by atoms with Gasteiger partial charge in [0.1, 0.15) is 0 Å². The third-order valence-electron chi connectivity index (χ3n) is 6.08. The summed E-state index contributed by atoms with van der Waals surface area (Å²) in [4.78, 5) is 28.9. The highest BCUT2D eigenvalue weighted by molar-refractivity contribution is 5.77. The summed E-state index contributed by atoms with van der Waals surface area (Å²) in [6.45, 7) is 3.87. The van der Waals surface area contributed by atoms with Crippen molar-refractivity contribution < 1.29 is 9.59 Å². The number of hydrogen-bond donors (Lipinski definition) is 0. The molecular formula is C21H26N4O2. The molecule has 6 heteroatoms. The maximum Gasteiger partial charge on any atom is 0.222 e. The fourth-order valence-corrected chi connectivity index (χ4v) is 4.69. The lowest BCUT2D eigenvalue weighted by molar-refractivity contribution is -0.131. The molecule has 6 nitrogen and oxygen atoms in total. The summed E-state index contributed by atoms with van der Waals surface area (Å²) in [7, 11) is 1.90. The van der Waals surface area contributed by atoms with Crippen LogP contribution in [0.15, 0.2) is 42.6 Å². The standard InChI is InChI=1S/C21H26N4O2/c1-15(26)25-13-17-12-24(20(27)9-8-18-10-11-22-23(18)2)14-19(17)21(25)16-6-4-3-5-7-16/h3-7,10-11,17,19,21H,8-9,12-14H2,1-2H3/t17-,19-,21-/m1/s1. The lowest BCUT2D eigenvalue weighted by Gasteiger charge is -2.29. The zero-order chi connectivity index (χ0) is 19.0. The minimum atomic E-state index is 0.0728. The van der Waals surface area contributed by atoms with Gasteiger partial charge in [-0.2, -0.15) is 5.10 Å². The zero-order valence-electron chi connectivity index (χ0n) is 15.9. The molecule has 2 amide bonds. The van der Waals surface area contributed by atoms with E-state index in [0.717, 1.165) is 25.3 Å². The normalized spacial score (nSPS) is 24.3. The van der Waals surface area contributed by atoms with Gasteiger partial charge in [-0.15, -0.1) is 0 Å². The third-order valence-corrected chi connectivity index (χ3v) is 6.08. The number of carbonyl (C=O) groups excluding carboxylic acids is 2. The van der Waals surface area contributed by atoms with Gasteiger partial charge in [0.05, 0.1) is 6.04 Å². The van der Waals surface area contributed by atoms with Crippen LogP contribution in [0, 0.1) is 11.8 Å². The van der Waals surface area contributed by atoms with E-state index in [1.807, 2.05) is 45.8 Å². The van der Waals surface area contributed by atoms with Crippen molar-refractivity contribution in [1.29, 1.82) is 0 Å². The van der Waals surface area contributed by atoms with Crippen LogP contribution in [0.3, 0.4) is 0 Å². The number of hydrogen-bond acceptors (Lipinski definition) is 3. The van der Waals surface area contributed by atoms with Crippen LogP contribution in [-0.2, 0) is 23.1 Å². The molecule has 4 rings (SSSR count). The van der Waals surface area contributed by atoms with Crippen molar-refractivity contribution in [2.75, 3.05) is 19.6 Å². The molecule has 2 aromatic rings. The van der Waals surface area contributed by atoms with Gasteiger partial charge in [0.15, 0.2) is 0 Å². The topological polar surface area (TPSA) is 58.4 Å². The Balaban J connectivity index is 1.45. The largest absolute Gasteiger partial charge is 0.342 e. The molecule has 1 aromatic heterocycles. The van der Waals surface area contributed by atoms with Crippen molar-refractivity contribution in [2.24, 2.45) is 18.9 Å². The van der Waals surface area contributed by atoms with Crippen molar-refractivity contribution in [3.05, 3.63) is 53.9 Å². The molecule has 0 bridgehead atoms. The molecule has 27 heavy (non-hydrogen) atoms. The number of aromatic nitrogens is 2. The summed E-state index contributed by atoms with van der Waals surface area (Å²) in [5, 5.41) is 4.16. The van der Waals surface area contributed by atoms with Crippen LogP contribution in [0.1, 0.15) is 30.6 Å². The van der Waals surface area contributed by atoms with E-state index in [9.17, 15) is 9.59 Å². The van der Waals surface area contributed by atoms with Crippen molar-refractivity contribution >= 4 is 11.8 Å². The smallest absolute Gasteiger partial charge is 0.222 e. The number of aryl methyl sites for hydroxylation is 2. The first kappa shape index (κ1) is 17.8. The summed E-state index contributed by atoms with van der Waals surface area (Å²) in [5.74, 6) is 0.996. The quantitative estimate of drug-likeness (QED) is 0.832. The molecule has 0 N–H and O–H groups in total. The summed E-state index contributed by atoms with van der Waals surface area (Å²) in [6.07, 6.45) is 2.98. The number of likely N-dealkylation sites (tertiary alicyclic amines) is 2. The predicted octanol–water partition coefficient (Wildman–Crippen LogP) is 2.03. The number of benzene rings is 1. The lowest BCUT2D eigenvalue weighted by atomic mass is 9.89. The summed E-state index contributed by atoms with van der Waals surface area (Å²) < 4.78 is 1.82. The van der Waals surface area contributed by atoms with Gasteiger partial charge in [-0.25, -0.2) is 0 Å². The Labute approximate surface area is 159 Å². The summed E-state index contributed by atoms with van der Waals surface area (Å²) in [6, 6.07) is 12.3.